The van der Waals surface area contributed by atoms with Gasteiger partial charge in [0, 0.05) is 85.8 Å². The molecule has 0 aliphatic carbocycles. The number of carbonyl (C=O) groups excluding carboxylic acids is 3. The molecule has 5 aromatic rings. The van der Waals surface area contributed by atoms with Crippen LogP contribution in [0.1, 0.15) is 87.2 Å². The fourth-order valence-electron chi connectivity index (χ4n) is 10.5. The van der Waals surface area contributed by atoms with Crippen molar-refractivity contribution in [2.24, 2.45) is 4.99 Å². The summed E-state index contributed by atoms with van der Waals surface area (Å²) in [6.45, 7) is 10.6. The molecule has 5 aromatic carbocycles. The Kier molecular flexibility index (Phi) is 16.9. The van der Waals surface area contributed by atoms with E-state index in [0.29, 0.717) is 86.6 Å². The number of nitrogens with one attached hydrogen (secondary N) is 1. The normalized spacial score (nSPS) is 16.4. The van der Waals surface area contributed by atoms with Crippen molar-refractivity contribution in [3.63, 3.8) is 0 Å². The minimum atomic E-state index is -0.201. The van der Waals surface area contributed by atoms with Gasteiger partial charge in [-0.25, -0.2) is 0 Å². The van der Waals surface area contributed by atoms with Crippen molar-refractivity contribution >= 4 is 58.4 Å². The summed E-state index contributed by atoms with van der Waals surface area (Å²) in [6, 6.07) is 30.2. The van der Waals surface area contributed by atoms with E-state index in [2.05, 4.69) is 54.4 Å². The lowest BCUT2D eigenvalue weighted by Gasteiger charge is -2.34. The number of fused-ring (bicyclic) bond motifs is 8. The number of methoxy groups -OCH3 is 2. The first-order chi connectivity index (χ1) is 35.9. The highest BCUT2D eigenvalue weighted by Crippen LogP contribution is 2.42. The highest BCUT2D eigenvalue weighted by atomic mass is 32.2. The maximum Gasteiger partial charge on any atom is 0.261 e. The van der Waals surface area contributed by atoms with E-state index in [9.17, 15) is 14.4 Å². The molecule has 15 heteroatoms. The molecule has 4 heterocycles. The van der Waals surface area contributed by atoms with Crippen LogP contribution in [0.25, 0.3) is 0 Å². The predicted molar refractivity (Wildman–Crippen MR) is 293 cm³/mol. The molecule has 3 amide bonds. The maximum absolute atomic E-state index is 14.3. The summed E-state index contributed by atoms with van der Waals surface area (Å²) in [6.07, 6.45) is 6.27. The minimum Gasteiger partial charge on any atom is -0.493 e. The molecule has 0 aromatic heterocycles. The zero-order valence-corrected chi connectivity index (χ0v) is 44.4. The van der Waals surface area contributed by atoms with E-state index in [0.717, 1.165) is 82.7 Å². The van der Waals surface area contributed by atoms with Gasteiger partial charge in [-0.2, -0.15) is 11.8 Å². The van der Waals surface area contributed by atoms with Gasteiger partial charge in [-0.3, -0.25) is 24.3 Å². The lowest BCUT2D eigenvalue weighted by Crippen LogP contribution is -2.39. The lowest BCUT2D eigenvalue weighted by atomic mass is 9.99. The number of rotatable bonds is 24. The van der Waals surface area contributed by atoms with Gasteiger partial charge in [-0.15, -0.1) is 0 Å². The number of ether oxygens (including phenoxy) is 6. The molecule has 0 saturated heterocycles. The second-order valence-corrected chi connectivity index (χ2v) is 21.8. The van der Waals surface area contributed by atoms with Crippen molar-refractivity contribution in [1.82, 2.24) is 5.32 Å². The molecule has 0 bridgehead atoms. The number of para-hydroxylation sites is 2. The number of nitrogens with zero attached hydrogens (tertiary/aromatic N) is 4. The number of hydrogen-bond donors (Lipinski definition) is 1. The van der Waals surface area contributed by atoms with Gasteiger partial charge in [0.25, 0.3) is 11.8 Å². The van der Waals surface area contributed by atoms with Gasteiger partial charge in [0.05, 0.1) is 57.4 Å². The molecule has 0 fully saturated rings. The van der Waals surface area contributed by atoms with Gasteiger partial charge in [-0.1, -0.05) is 36.4 Å². The summed E-state index contributed by atoms with van der Waals surface area (Å²) in [4.78, 5) is 51.5. The van der Waals surface area contributed by atoms with Crippen molar-refractivity contribution in [1.29, 1.82) is 0 Å². The molecule has 390 valence electrons. The van der Waals surface area contributed by atoms with Crippen molar-refractivity contribution in [3.8, 4) is 17.2 Å². The average molecular weight is 1020 g/mol. The Bertz CT molecular complexity index is 2870. The Morgan fingerprint density at radius 1 is 0.770 bits per heavy atom. The standard InChI is InChI=1S/C59H69N5O9S/c1-39-26-49-50(61-35-47-31-44-13-8-10-15-52(44)64(47)58(49)67)34-53(39)72-36-40-27-41(29-46(28-40)62(19-20-70-23-24-71-22-21-68-5)38-59(2,3)74-25-11-16-56(65)60-4)37-73-55-32-42-17-18-45-30-43-12-7-9-14-51(43)63(45)57(66)48(42)33-54(55)69-6/h7-10,12-15,26-29,32-35,45,47H,11,16-25,30-31,36-38H2,1-6H3,(H,60,65)/t45-,47+/m1/s1. The lowest BCUT2D eigenvalue weighted by molar-refractivity contribution is -0.120. The number of carbonyl (C=O) groups is 3. The molecule has 4 aliphatic heterocycles. The van der Waals surface area contributed by atoms with Crippen LogP contribution in [-0.4, -0.2) is 114 Å². The third kappa shape index (κ3) is 12.1. The van der Waals surface area contributed by atoms with Gasteiger partial charge >= 0.3 is 0 Å². The number of aliphatic imine (C=N–C) groups is 1. The maximum atomic E-state index is 14.3. The molecule has 1 N–H and O–H groups in total. The van der Waals surface area contributed by atoms with E-state index >= 15 is 0 Å². The quantitative estimate of drug-likeness (QED) is 0.0592. The topological polar surface area (TPSA) is 141 Å². The average Bonchev–Trinajstić information content (AvgIpc) is 3.90. The third-order valence-corrected chi connectivity index (χ3v) is 15.6. The highest BCUT2D eigenvalue weighted by molar-refractivity contribution is 8.00. The van der Waals surface area contributed by atoms with E-state index in [-0.39, 0.29) is 47.8 Å². The fourth-order valence-corrected chi connectivity index (χ4v) is 11.6. The van der Waals surface area contributed by atoms with Crippen LogP contribution in [0.4, 0.5) is 22.7 Å². The molecule has 0 radical (unpaired) electrons. The Hall–Kier alpha value is -6.39. The Morgan fingerprint density at radius 3 is 2.18 bits per heavy atom. The zero-order valence-electron chi connectivity index (χ0n) is 43.6. The van der Waals surface area contributed by atoms with Crippen LogP contribution < -0.4 is 34.2 Å². The van der Waals surface area contributed by atoms with Gasteiger partial charge < -0.3 is 43.5 Å². The van der Waals surface area contributed by atoms with Crippen molar-refractivity contribution in [3.05, 3.63) is 136 Å². The molecule has 0 spiro atoms. The predicted octanol–water partition coefficient (Wildman–Crippen LogP) is 9.49. The number of aryl methyl sites for hydroxylation is 2. The Labute approximate surface area is 439 Å². The van der Waals surface area contributed by atoms with Gasteiger partial charge in [0.2, 0.25) is 5.91 Å². The molecular weight excluding hydrogens is 955 g/mol. The summed E-state index contributed by atoms with van der Waals surface area (Å²) < 4.78 is 36.1. The summed E-state index contributed by atoms with van der Waals surface area (Å²) in [5, 5.41) is 2.73. The monoisotopic (exact) mass is 1020 g/mol. The number of anilines is 3. The van der Waals surface area contributed by atoms with E-state index in [1.165, 1.54) is 5.56 Å². The molecule has 14 nitrogen and oxygen atoms in total. The number of amides is 3. The SMILES string of the molecule is CNC(=O)CCCSC(C)(C)CN(CCOCCOCCOC)c1cc(COc2cc3c(cc2C)C(=O)N2c4ccccc4C[C@H]2C=N3)cc(COc2cc3c(cc2OC)C(=O)N2c4ccccc4C[C@H]2CC3)c1. The van der Waals surface area contributed by atoms with Crippen LogP contribution in [0.15, 0.2) is 96.0 Å². The van der Waals surface area contributed by atoms with Crippen molar-refractivity contribution in [2.75, 3.05) is 87.8 Å². The van der Waals surface area contributed by atoms with Gasteiger partial charge in [0.1, 0.15) is 19.0 Å². The van der Waals surface area contributed by atoms with E-state index in [1.54, 1.807) is 21.3 Å². The van der Waals surface area contributed by atoms with Crippen LogP contribution in [0.5, 0.6) is 17.2 Å². The van der Waals surface area contributed by atoms with E-state index < -0.39 is 0 Å². The fraction of sp³-hybridized carbons (Fsp3) is 0.424. The zero-order chi connectivity index (χ0) is 51.8. The number of hydrogen-bond acceptors (Lipinski definition) is 12. The van der Waals surface area contributed by atoms with E-state index in [4.69, 9.17) is 33.4 Å². The molecule has 2 atom stereocenters. The Morgan fingerprint density at radius 2 is 1.45 bits per heavy atom. The summed E-state index contributed by atoms with van der Waals surface area (Å²) in [7, 11) is 4.93. The minimum absolute atomic E-state index is 0.0147. The van der Waals surface area contributed by atoms with Crippen LogP contribution in [-0.2, 0) is 51.5 Å². The van der Waals surface area contributed by atoms with Crippen LogP contribution in [0.2, 0.25) is 0 Å². The Balaban J connectivity index is 0.994. The first-order valence-corrected chi connectivity index (χ1v) is 26.8. The van der Waals surface area contributed by atoms with Crippen LogP contribution in [0.3, 0.4) is 0 Å². The summed E-state index contributed by atoms with van der Waals surface area (Å²) in [5.74, 6) is 2.49. The van der Waals surface area contributed by atoms with E-state index in [1.807, 2.05) is 95.4 Å². The smallest absolute Gasteiger partial charge is 0.261 e. The summed E-state index contributed by atoms with van der Waals surface area (Å²) >= 11 is 1.84. The molecule has 9 rings (SSSR count). The molecule has 4 aliphatic rings. The summed E-state index contributed by atoms with van der Waals surface area (Å²) in [5.41, 5.74) is 10.6. The molecule has 0 unspecified atom stereocenters. The third-order valence-electron chi connectivity index (χ3n) is 14.2. The van der Waals surface area contributed by atoms with Crippen LogP contribution >= 0.6 is 11.8 Å². The highest BCUT2D eigenvalue weighted by Gasteiger charge is 2.39. The second-order valence-electron chi connectivity index (χ2n) is 20.0. The van der Waals surface area contributed by atoms with Gasteiger partial charge in [-0.05, 0) is 134 Å². The van der Waals surface area contributed by atoms with Crippen molar-refractivity contribution in [2.45, 2.75) is 89.3 Å². The first-order valence-electron chi connectivity index (χ1n) is 25.8. The molecule has 0 saturated carbocycles. The number of benzene rings is 5. The second kappa shape index (κ2) is 23.9. The largest absolute Gasteiger partial charge is 0.493 e. The number of thioether (sulfide) groups is 1. The first kappa shape index (κ1) is 52.5. The molecular formula is C59H69N5O9S. The van der Waals surface area contributed by atoms with Gasteiger partial charge in [0.15, 0.2) is 11.5 Å². The van der Waals surface area contributed by atoms with Crippen molar-refractivity contribution < 1.29 is 42.8 Å². The van der Waals surface area contributed by atoms with Crippen LogP contribution in [0, 0.1) is 6.92 Å². The molecule has 74 heavy (non-hydrogen) atoms.